The van der Waals surface area contributed by atoms with Crippen molar-refractivity contribution in [2.75, 3.05) is 12.4 Å². The molecule has 1 aromatic heterocycles. The average Bonchev–Trinajstić information content (AvgIpc) is 2.43. The van der Waals surface area contributed by atoms with Crippen LogP contribution in [0.15, 0.2) is 12.3 Å². The van der Waals surface area contributed by atoms with Gasteiger partial charge in [-0.25, -0.2) is 9.78 Å². The smallest absolute Gasteiger partial charge is 0.328 e. The number of nitriles is 1. The third-order valence-corrected chi connectivity index (χ3v) is 2.62. The zero-order chi connectivity index (χ0) is 15.3. The minimum Gasteiger partial charge on any atom is -0.467 e. The van der Waals surface area contributed by atoms with Crippen LogP contribution in [-0.2, 0) is 9.53 Å². The van der Waals surface area contributed by atoms with Crippen molar-refractivity contribution in [1.29, 1.82) is 5.26 Å². The summed E-state index contributed by atoms with van der Waals surface area (Å²) in [5.74, 6) is -0.489. The molecule has 1 N–H and O–H groups in total. The molecule has 1 unspecified atom stereocenters. The van der Waals surface area contributed by atoms with Gasteiger partial charge in [0, 0.05) is 6.07 Å². The summed E-state index contributed by atoms with van der Waals surface area (Å²) in [7, 11) is 1.26. The highest BCUT2D eigenvalue weighted by Crippen LogP contribution is 2.20. The number of hydrogen-bond donors (Lipinski definition) is 1. The normalized spacial score (nSPS) is 11.6. The Morgan fingerprint density at radius 1 is 1.60 bits per heavy atom. The van der Waals surface area contributed by atoms with Crippen LogP contribution in [0.25, 0.3) is 0 Å². The van der Waals surface area contributed by atoms with Gasteiger partial charge in [0.2, 0.25) is 0 Å². The van der Waals surface area contributed by atoms with Crippen LogP contribution in [0.1, 0.15) is 19.4 Å². The second kappa shape index (κ2) is 6.47. The van der Waals surface area contributed by atoms with E-state index in [0.717, 1.165) is 12.3 Å². The fourth-order valence-corrected chi connectivity index (χ4v) is 1.53. The van der Waals surface area contributed by atoms with E-state index in [1.165, 1.54) is 7.11 Å². The molecule has 106 valence electrons. The number of aromatic nitrogens is 1. The molecule has 0 saturated carbocycles. The lowest BCUT2D eigenvalue weighted by molar-refractivity contribution is -0.385. The Hall–Kier alpha value is -2.69. The molecule has 1 rings (SSSR count). The molecule has 0 saturated heterocycles. The summed E-state index contributed by atoms with van der Waals surface area (Å²) in [6.07, 6.45) is 1.03. The second-order valence-corrected chi connectivity index (χ2v) is 4.35. The molecule has 0 bridgehead atoms. The average molecular weight is 278 g/mol. The maximum Gasteiger partial charge on any atom is 0.328 e. The maximum atomic E-state index is 11.6. The van der Waals surface area contributed by atoms with E-state index in [9.17, 15) is 14.9 Å². The Bertz CT molecular complexity index is 565. The fraction of sp³-hybridized carbons (Fsp3) is 0.417. The van der Waals surface area contributed by atoms with E-state index in [1.54, 1.807) is 13.8 Å². The second-order valence-electron chi connectivity index (χ2n) is 4.35. The van der Waals surface area contributed by atoms with Gasteiger partial charge in [0.25, 0.3) is 5.69 Å². The number of nitro groups is 1. The van der Waals surface area contributed by atoms with Crippen molar-refractivity contribution in [1.82, 2.24) is 4.98 Å². The molecule has 0 aliphatic carbocycles. The maximum absolute atomic E-state index is 11.6. The van der Waals surface area contributed by atoms with Crippen LogP contribution in [0.2, 0.25) is 0 Å². The summed E-state index contributed by atoms with van der Waals surface area (Å²) in [5.41, 5.74) is -0.292. The number of anilines is 1. The Morgan fingerprint density at radius 3 is 2.70 bits per heavy atom. The molecule has 1 atom stereocenters. The number of esters is 1. The lowest BCUT2D eigenvalue weighted by Crippen LogP contribution is -2.36. The number of rotatable bonds is 5. The van der Waals surface area contributed by atoms with Gasteiger partial charge in [0.15, 0.2) is 0 Å². The number of methoxy groups -OCH3 is 1. The summed E-state index contributed by atoms with van der Waals surface area (Å²) in [4.78, 5) is 25.4. The number of nitrogens with one attached hydrogen (secondary N) is 1. The summed E-state index contributed by atoms with van der Waals surface area (Å²) in [6.45, 7) is 3.60. The molecular formula is C12H14N4O4. The van der Waals surface area contributed by atoms with Gasteiger partial charge in [-0.1, -0.05) is 13.8 Å². The largest absolute Gasteiger partial charge is 0.467 e. The van der Waals surface area contributed by atoms with E-state index >= 15 is 0 Å². The van der Waals surface area contributed by atoms with Gasteiger partial charge < -0.3 is 10.1 Å². The third kappa shape index (κ3) is 3.41. The fourth-order valence-electron chi connectivity index (χ4n) is 1.53. The van der Waals surface area contributed by atoms with Crippen LogP contribution >= 0.6 is 0 Å². The SMILES string of the molecule is COC(=O)C(Nc1ncc([N+](=O)[O-])cc1C#N)C(C)C. The molecule has 0 amide bonds. The Balaban J connectivity index is 3.11. The molecule has 8 heteroatoms. The van der Waals surface area contributed by atoms with Crippen molar-refractivity contribution >= 4 is 17.5 Å². The van der Waals surface area contributed by atoms with Crippen LogP contribution in [0.3, 0.4) is 0 Å². The summed E-state index contributed by atoms with van der Waals surface area (Å²) in [5, 5.41) is 22.4. The highest BCUT2D eigenvalue weighted by Gasteiger charge is 2.25. The summed E-state index contributed by atoms with van der Waals surface area (Å²) < 4.78 is 4.66. The zero-order valence-corrected chi connectivity index (χ0v) is 11.3. The van der Waals surface area contributed by atoms with Crippen LogP contribution in [0.4, 0.5) is 11.5 Å². The zero-order valence-electron chi connectivity index (χ0n) is 11.3. The van der Waals surface area contributed by atoms with E-state index in [2.05, 4.69) is 15.0 Å². The molecule has 8 nitrogen and oxygen atoms in total. The predicted octanol–water partition coefficient (Wildman–Crippen LogP) is 1.47. The van der Waals surface area contributed by atoms with E-state index in [4.69, 9.17) is 5.26 Å². The third-order valence-electron chi connectivity index (χ3n) is 2.62. The van der Waals surface area contributed by atoms with Crippen molar-refractivity contribution in [3.8, 4) is 6.07 Å². The topological polar surface area (TPSA) is 118 Å². The van der Waals surface area contributed by atoms with E-state index in [0.29, 0.717) is 0 Å². The lowest BCUT2D eigenvalue weighted by Gasteiger charge is -2.20. The van der Waals surface area contributed by atoms with E-state index < -0.39 is 16.9 Å². The Labute approximate surface area is 115 Å². The first kappa shape index (κ1) is 15.4. The first-order chi connectivity index (χ1) is 9.40. The van der Waals surface area contributed by atoms with Crippen LogP contribution < -0.4 is 5.32 Å². The number of nitrogens with zero attached hydrogens (tertiary/aromatic N) is 3. The van der Waals surface area contributed by atoms with Crippen molar-refractivity contribution in [3.63, 3.8) is 0 Å². The van der Waals surface area contributed by atoms with E-state index in [1.807, 2.05) is 6.07 Å². The first-order valence-electron chi connectivity index (χ1n) is 5.79. The first-order valence-corrected chi connectivity index (χ1v) is 5.79. The molecule has 1 aromatic rings. The molecule has 20 heavy (non-hydrogen) atoms. The van der Waals surface area contributed by atoms with Gasteiger partial charge in [-0.2, -0.15) is 5.26 Å². The van der Waals surface area contributed by atoms with Gasteiger partial charge in [-0.05, 0) is 5.92 Å². The molecule has 0 aliphatic rings. The highest BCUT2D eigenvalue weighted by atomic mass is 16.6. The van der Waals surface area contributed by atoms with Gasteiger partial charge >= 0.3 is 5.97 Å². The minimum atomic E-state index is -0.693. The van der Waals surface area contributed by atoms with Crippen molar-refractivity contribution in [2.24, 2.45) is 5.92 Å². The molecular weight excluding hydrogens is 264 g/mol. The van der Waals surface area contributed by atoms with Gasteiger partial charge in [0.1, 0.15) is 29.7 Å². The van der Waals surface area contributed by atoms with Crippen molar-refractivity contribution in [2.45, 2.75) is 19.9 Å². The number of ether oxygens (including phenoxy) is 1. The van der Waals surface area contributed by atoms with Gasteiger partial charge in [0.05, 0.1) is 12.0 Å². The number of hydrogen-bond acceptors (Lipinski definition) is 7. The standard InChI is InChI=1S/C12H14N4O4/c1-7(2)10(12(17)20-3)15-11-8(5-13)4-9(6-14-11)16(18)19/h4,6-7,10H,1-3H3,(H,14,15). The van der Waals surface area contributed by atoms with Crippen molar-refractivity contribution in [3.05, 3.63) is 27.9 Å². The lowest BCUT2D eigenvalue weighted by atomic mass is 10.0. The molecule has 1 heterocycles. The van der Waals surface area contributed by atoms with Crippen molar-refractivity contribution < 1.29 is 14.5 Å². The molecule has 0 fully saturated rings. The minimum absolute atomic E-state index is 0.00578. The Morgan fingerprint density at radius 2 is 2.25 bits per heavy atom. The number of carbonyl (C=O) groups is 1. The molecule has 0 aromatic carbocycles. The monoisotopic (exact) mass is 278 g/mol. The summed E-state index contributed by atoms with van der Waals surface area (Å²) in [6, 6.07) is 2.22. The van der Waals surface area contributed by atoms with Gasteiger partial charge in [-0.3, -0.25) is 10.1 Å². The summed E-state index contributed by atoms with van der Waals surface area (Å²) >= 11 is 0. The Kier molecular flexibility index (Phi) is 4.97. The molecule has 0 spiro atoms. The quantitative estimate of drug-likeness (QED) is 0.492. The van der Waals surface area contributed by atoms with Crippen LogP contribution in [0.5, 0.6) is 0 Å². The van der Waals surface area contributed by atoms with Crippen LogP contribution in [0, 0.1) is 27.4 Å². The number of carbonyl (C=O) groups excluding carboxylic acids is 1. The van der Waals surface area contributed by atoms with Gasteiger partial charge in [-0.15, -0.1) is 0 Å². The number of pyridine rings is 1. The highest BCUT2D eigenvalue weighted by molar-refractivity contribution is 5.79. The predicted molar refractivity (Wildman–Crippen MR) is 69.9 cm³/mol. The molecule has 0 aliphatic heterocycles. The molecule has 0 radical (unpaired) electrons. The van der Waals surface area contributed by atoms with Crippen LogP contribution in [-0.4, -0.2) is 29.0 Å². The van der Waals surface area contributed by atoms with E-state index in [-0.39, 0.29) is 23.0 Å².